The zero-order chi connectivity index (χ0) is 3.54. The van der Waals surface area contributed by atoms with Crippen LogP contribution in [-0.2, 0) is 0 Å². The van der Waals surface area contributed by atoms with E-state index in [0.717, 1.165) is 6.42 Å². The molecule has 0 aromatic rings. The molecule has 0 spiro atoms. The molecule has 0 aromatic carbocycles. The Morgan fingerprint density at radius 2 is 3.00 bits per heavy atom. The van der Waals surface area contributed by atoms with Crippen molar-refractivity contribution in [2.75, 3.05) is 0 Å². The van der Waals surface area contributed by atoms with Crippen LogP contribution in [0.4, 0.5) is 0 Å². The second kappa shape index (κ2) is 1.06. The van der Waals surface area contributed by atoms with Crippen molar-refractivity contribution in [3.05, 3.63) is 6.54 Å². The first-order valence-electron chi connectivity index (χ1n) is 1.64. The topological polar surface area (TPSA) is 26.0 Å². The van der Waals surface area contributed by atoms with Gasteiger partial charge in [-0.15, -0.1) is 0 Å². The highest BCUT2D eigenvalue weighted by Crippen LogP contribution is 1.68. The number of hydrazone groups is 1. The lowest BCUT2D eigenvalue weighted by atomic mass is 10.5. The van der Waals surface area contributed by atoms with Crippen LogP contribution < -0.4 is 10.5 Å². The molecule has 0 saturated carbocycles. The van der Waals surface area contributed by atoms with Crippen LogP contribution in [0.5, 0.6) is 0 Å². The number of hydrogen-bond acceptors (Lipinski definition) is 1. The van der Waals surface area contributed by atoms with Crippen LogP contribution in [0.3, 0.4) is 0 Å². The van der Waals surface area contributed by atoms with Gasteiger partial charge in [0.15, 0.2) is 0 Å². The average molecular weight is 70.1 g/mol. The molecule has 1 aliphatic rings. The van der Waals surface area contributed by atoms with Crippen LogP contribution in [0.2, 0.25) is 0 Å². The third-order valence-electron chi connectivity index (χ3n) is 0.523. The van der Waals surface area contributed by atoms with E-state index in [1.54, 1.807) is 0 Å². The summed E-state index contributed by atoms with van der Waals surface area (Å²) in [5.74, 6) is 0. The van der Waals surface area contributed by atoms with Crippen LogP contribution in [0.25, 0.3) is 0 Å². The lowest BCUT2D eigenvalue weighted by Crippen LogP contribution is -2.75. The molecule has 0 fully saturated rings. The zero-order valence-corrected chi connectivity index (χ0v) is 2.86. The van der Waals surface area contributed by atoms with E-state index in [9.17, 15) is 0 Å². The molecule has 0 radical (unpaired) electrons. The van der Waals surface area contributed by atoms with Gasteiger partial charge in [-0.05, 0) is 0 Å². The SMILES string of the molecule is C1=[NH+]N[CH-]C1. The van der Waals surface area contributed by atoms with Gasteiger partial charge < -0.3 is 5.43 Å². The molecule has 1 rings (SSSR count). The lowest BCUT2D eigenvalue weighted by Gasteiger charge is -1.85. The largest absolute Gasteiger partial charge is 0.343 e. The predicted octanol–water partition coefficient (Wildman–Crippen LogP) is -1.79. The maximum absolute atomic E-state index is 2.79. The molecular formula is C3H6N2. The molecule has 1 heterocycles. The summed E-state index contributed by atoms with van der Waals surface area (Å²) in [5.41, 5.74) is 2.79. The first kappa shape index (κ1) is 2.69. The van der Waals surface area contributed by atoms with Gasteiger partial charge in [0.1, 0.15) is 6.21 Å². The Kier molecular flexibility index (Phi) is 0.571. The second-order valence-electron chi connectivity index (χ2n) is 0.933. The van der Waals surface area contributed by atoms with Gasteiger partial charge in [0.05, 0.1) is 0 Å². The Morgan fingerprint density at radius 1 is 2.00 bits per heavy atom. The van der Waals surface area contributed by atoms with Gasteiger partial charge in [-0.25, -0.2) is 0 Å². The van der Waals surface area contributed by atoms with E-state index in [4.69, 9.17) is 0 Å². The van der Waals surface area contributed by atoms with Crippen LogP contribution in [0, 0.1) is 6.54 Å². The summed E-state index contributed by atoms with van der Waals surface area (Å²) >= 11 is 0. The Bertz CT molecular complexity index is 42.9. The van der Waals surface area contributed by atoms with Crippen molar-refractivity contribution in [3.63, 3.8) is 0 Å². The predicted molar refractivity (Wildman–Crippen MR) is 19.1 cm³/mol. The minimum atomic E-state index is 1.03. The number of nitrogens with one attached hydrogen (secondary N) is 2. The Labute approximate surface area is 30.9 Å². The van der Waals surface area contributed by atoms with Crippen LogP contribution in [-0.4, -0.2) is 6.21 Å². The van der Waals surface area contributed by atoms with E-state index in [-0.39, 0.29) is 0 Å². The lowest BCUT2D eigenvalue weighted by molar-refractivity contribution is -0.505. The maximum Gasteiger partial charge on any atom is 0.136 e. The molecule has 0 aliphatic carbocycles. The minimum absolute atomic E-state index is 1.03. The van der Waals surface area contributed by atoms with Crippen LogP contribution >= 0.6 is 0 Å². The molecule has 0 saturated heterocycles. The third-order valence-corrected chi connectivity index (χ3v) is 0.523. The van der Waals surface area contributed by atoms with E-state index >= 15 is 0 Å². The standard InChI is InChI=1S/C3H5N2/c1-2-4-5-3-1/h2-4H,1H2/q-1/p+1. The zero-order valence-electron chi connectivity index (χ0n) is 2.86. The van der Waals surface area contributed by atoms with Crippen molar-refractivity contribution in [1.29, 1.82) is 0 Å². The molecule has 0 unspecified atom stereocenters. The number of hydrogen-bond donors (Lipinski definition) is 2. The fraction of sp³-hybridized carbons (Fsp3) is 0.333. The summed E-state index contributed by atoms with van der Waals surface area (Å²) in [7, 11) is 0. The van der Waals surface area contributed by atoms with E-state index in [2.05, 4.69) is 10.5 Å². The summed E-state index contributed by atoms with van der Waals surface area (Å²) in [5, 5.41) is 2.79. The van der Waals surface area contributed by atoms with Crippen molar-refractivity contribution >= 4 is 6.21 Å². The van der Waals surface area contributed by atoms with Gasteiger partial charge >= 0.3 is 0 Å². The van der Waals surface area contributed by atoms with Crippen LogP contribution in [0.1, 0.15) is 6.42 Å². The van der Waals surface area contributed by atoms with E-state index in [1.165, 1.54) is 0 Å². The molecule has 0 amide bonds. The van der Waals surface area contributed by atoms with E-state index in [1.807, 2.05) is 12.8 Å². The Morgan fingerprint density at radius 3 is 3.20 bits per heavy atom. The fourth-order valence-electron chi connectivity index (χ4n) is 0.295. The summed E-state index contributed by atoms with van der Waals surface area (Å²) in [6.07, 6.45) is 2.97. The van der Waals surface area contributed by atoms with Gasteiger partial charge in [0.25, 0.3) is 0 Å². The summed E-state index contributed by atoms with van der Waals surface area (Å²) in [6, 6.07) is 0. The van der Waals surface area contributed by atoms with Crippen molar-refractivity contribution in [2.45, 2.75) is 6.42 Å². The fourth-order valence-corrected chi connectivity index (χ4v) is 0.295. The molecule has 5 heavy (non-hydrogen) atoms. The second-order valence-corrected chi connectivity index (χ2v) is 0.933. The van der Waals surface area contributed by atoms with Crippen molar-refractivity contribution in [2.24, 2.45) is 0 Å². The molecule has 2 N–H and O–H groups in total. The highest BCUT2D eigenvalue weighted by atomic mass is 15.3. The quantitative estimate of drug-likeness (QED) is 0.323. The first-order chi connectivity index (χ1) is 2.50. The highest BCUT2D eigenvalue weighted by molar-refractivity contribution is 5.52. The smallest absolute Gasteiger partial charge is 0.136 e. The molecule has 2 nitrogen and oxygen atoms in total. The van der Waals surface area contributed by atoms with Crippen LogP contribution in [0.15, 0.2) is 0 Å². The third kappa shape index (κ3) is 0.375. The van der Waals surface area contributed by atoms with Gasteiger partial charge in [-0.1, -0.05) is 6.42 Å². The molecule has 0 atom stereocenters. The number of rotatable bonds is 0. The highest BCUT2D eigenvalue weighted by Gasteiger charge is 1.77. The van der Waals surface area contributed by atoms with Gasteiger partial charge in [0, 0.05) is 0 Å². The summed E-state index contributed by atoms with van der Waals surface area (Å²) < 4.78 is 0. The molecular weight excluding hydrogens is 64.0 g/mol. The first-order valence-corrected chi connectivity index (χ1v) is 1.64. The summed E-state index contributed by atoms with van der Waals surface area (Å²) in [4.78, 5) is 0. The van der Waals surface area contributed by atoms with E-state index < -0.39 is 0 Å². The maximum atomic E-state index is 2.79. The van der Waals surface area contributed by atoms with Crippen molar-refractivity contribution in [1.82, 2.24) is 5.43 Å². The molecule has 28 valence electrons. The van der Waals surface area contributed by atoms with Crippen molar-refractivity contribution < 1.29 is 5.10 Å². The van der Waals surface area contributed by atoms with Gasteiger partial charge in [-0.3, -0.25) is 0 Å². The summed E-state index contributed by atoms with van der Waals surface area (Å²) in [6.45, 7) is 1.94. The molecule has 0 aromatic heterocycles. The normalized spacial score (nSPS) is 19.2. The van der Waals surface area contributed by atoms with Gasteiger partial charge in [-0.2, -0.15) is 11.6 Å². The Balaban J connectivity index is 2.32. The van der Waals surface area contributed by atoms with E-state index in [0.29, 0.717) is 0 Å². The van der Waals surface area contributed by atoms with Crippen molar-refractivity contribution in [3.8, 4) is 0 Å². The average Bonchev–Trinajstić information content (AvgIpc) is 1.76. The molecule has 2 heteroatoms. The van der Waals surface area contributed by atoms with Gasteiger partial charge in [0.2, 0.25) is 0 Å². The molecule has 1 aliphatic heterocycles. The molecule has 0 bridgehead atoms. The Hall–Kier alpha value is -0.530. The number of hydrazine groups is 1. The minimum Gasteiger partial charge on any atom is -0.343 e. The monoisotopic (exact) mass is 70.1 g/mol.